The number of unbranched alkanes of at least 4 members (excludes halogenated alkanes) is 40. The Kier molecular flexibility index (Phi) is 56.0. The molecule has 0 aromatic rings. The summed E-state index contributed by atoms with van der Waals surface area (Å²) in [5.41, 5.74) is 0. The average Bonchev–Trinajstić information content (AvgIpc) is 3.34. The summed E-state index contributed by atoms with van der Waals surface area (Å²) < 4.78 is 5.44. The van der Waals surface area contributed by atoms with E-state index in [1.54, 1.807) is 0 Å². The van der Waals surface area contributed by atoms with Gasteiger partial charge < -0.3 is 20.3 Å². The number of aliphatic hydroxyl groups excluding tert-OH is 2. The molecule has 0 rings (SSSR count). The van der Waals surface area contributed by atoms with Gasteiger partial charge in [0.05, 0.1) is 25.4 Å². The minimum absolute atomic E-state index is 0.0298. The fraction of sp³-hybridized carbons (Fsp3) is 0.871. The minimum atomic E-state index is -0.680. The smallest absolute Gasteiger partial charge is 0.305 e. The summed E-state index contributed by atoms with van der Waals surface area (Å²) in [5.74, 6) is -0.0851. The molecule has 2 atom stereocenters. The molecule has 6 heteroatoms. The maximum Gasteiger partial charge on any atom is 0.305 e. The van der Waals surface area contributed by atoms with Crippen LogP contribution in [0.3, 0.4) is 0 Å². The van der Waals surface area contributed by atoms with Gasteiger partial charge in [-0.3, -0.25) is 9.59 Å². The second-order valence-corrected chi connectivity index (χ2v) is 20.7. The minimum Gasteiger partial charge on any atom is -0.466 e. The molecule has 0 radical (unpaired) electrons. The molecule has 0 aliphatic heterocycles. The van der Waals surface area contributed by atoms with E-state index in [0.29, 0.717) is 25.9 Å². The topological polar surface area (TPSA) is 95.9 Å². The Balaban J connectivity index is 3.51. The Labute approximate surface area is 424 Å². The van der Waals surface area contributed by atoms with Gasteiger partial charge in [-0.1, -0.05) is 262 Å². The van der Waals surface area contributed by atoms with Gasteiger partial charge in [0.25, 0.3) is 0 Å². The van der Waals surface area contributed by atoms with E-state index in [9.17, 15) is 19.8 Å². The van der Waals surface area contributed by atoms with Crippen molar-refractivity contribution >= 4 is 11.9 Å². The molecule has 0 fully saturated rings. The van der Waals surface area contributed by atoms with Crippen molar-refractivity contribution in [1.82, 2.24) is 5.32 Å². The van der Waals surface area contributed by atoms with Gasteiger partial charge in [0.1, 0.15) is 0 Å². The van der Waals surface area contributed by atoms with Gasteiger partial charge in [-0.25, -0.2) is 0 Å². The molecule has 0 saturated heterocycles. The second kappa shape index (κ2) is 57.7. The largest absolute Gasteiger partial charge is 0.466 e. The van der Waals surface area contributed by atoms with E-state index in [1.165, 1.54) is 212 Å². The summed E-state index contributed by atoms with van der Waals surface area (Å²) in [6, 6.07) is -0.560. The Morgan fingerprint density at radius 2 is 0.735 bits per heavy atom. The molecular weight excluding hydrogens is 839 g/mol. The van der Waals surface area contributed by atoms with Gasteiger partial charge in [0.15, 0.2) is 0 Å². The molecule has 1 amide bonds. The van der Waals surface area contributed by atoms with Crippen molar-refractivity contribution in [3.63, 3.8) is 0 Å². The molecule has 6 nitrogen and oxygen atoms in total. The number of esters is 1. The molecule has 68 heavy (non-hydrogen) atoms. The first-order valence-corrected chi connectivity index (χ1v) is 30.3. The monoisotopic (exact) mass is 956 g/mol. The summed E-state index contributed by atoms with van der Waals surface area (Å²) >= 11 is 0. The first-order valence-electron chi connectivity index (χ1n) is 30.3. The molecule has 0 bridgehead atoms. The summed E-state index contributed by atoms with van der Waals surface area (Å²) in [7, 11) is 0. The lowest BCUT2D eigenvalue weighted by atomic mass is 10.0. The molecule has 0 heterocycles. The van der Waals surface area contributed by atoms with Crippen LogP contribution in [0.4, 0.5) is 0 Å². The van der Waals surface area contributed by atoms with Crippen LogP contribution >= 0.6 is 0 Å². The number of hydrogen-bond donors (Lipinski definition) is 3. The maximum absolute atomic E-state index is 12.5. The van der Waals surface area contributed by atoms with Crippen molar-refractivity contribution in [2.24, 2.45) is 0 Å². The number of rotatable bonds is 56. The van der Waals surface area contributed by atoms with Gasteiger partial charge in [-0.2, -0.15) is 0 Å². The zero-order valence-electron chi connectivity index (χ0n) is 45.6. The molecule has 2 unspecified atom stereocenters. The highest BCUT2D eigenvalue weighted by Gasteiger charge is 2.20. The average molecular weight is 957 g/mol. The molecular formula is C62H117NO5. The standard InChI is InChI=1S/C62H117NO5/c1-3-5-7-9-11-13-15-17-19-20-21-22-23-24-25-27-30-34-38-42-46-50-54-60(65)59(58-64)63-61(66)55-51-47-43-39-35-31-28-26-29-33-37-41-45-49-53-57-68-62(67)56-52-48-44-40-36-32-18-16-14-12-10-8-6-4-2/h16,18,26,29,33,37,59-60,64-65H,3-15,17,19-25,27-28,30-32,34-36,38-58H2,1-2H3,(H,63,66)/b18-16-,29-26-,37-33-. The zero-order valence-corrected chi connectivity index (χ0v) is 45.6. The third kappa shape index (κ3) is 53.4. The highest BCUT2D eigenvalue weighted by Crippen LogP contribution is 2.17. The number of carbonyl (C=O) groups excluding carboxylic acids is 2. The number of hydrogen-bond acceptors (Lipinski definition) is 5. The quantitative estimate of drug-likeness (QED) is 0.0244. The molecule has 0 saturated carbocycles. The van der Waals surface area contributed by atoms with Crippen molar-refractivity contribution in [1.29, 1.82) is 0 Å². The number of allylic oxidation sites excluding steroid dienone is 6. The molecule has 400 valence electrons. The van der Waals surface area contributed by atoms with Gasteiger partial charge in [0, 0.05) is 12.8 Å². The highest BCUT2D eigenvalue weighted by molar-refractivity contribution is 5.76. The number of nitrogens with one attached hydrogen (secondary N) is 1. The van der Waals surface area contributed by atoms with Crippen LogP contribution in [0.15, 0.2) is 36.5 Å². The van der Waals surface area contributed by atoms with Crippen molar-refractivity contribution in [3.8, 4) is 0 Å². The van der Waals surface area contributed by atoms with Gasteiger partial charge in [-0.05, 0) is 83.5 Å². The summed E-state index contributed by atoms with van der Waals surface area (Å²) in [4.78, 5) is 24.5. The predicted molar refractivity (Wildman–Crippen MR) is 296 cm³/mol. The van der Waals surface area contributed by atoms with Crippen LogP contribution in [0.2, 0.25) is 0 Å². The Bertz CT molecular complexity index is 1100. The van der Waals surface area contributed by atoms with Crippen LogP contribution in [0, 0.1) is 0 Å². The maximum atomic E-state index is 12.5. The fourth-order valence-electron chi connectivity index (χ4n) is 9.27. The third-order valence-corrected chi connectivity index (χ3v) is 13.9. The van der Waals surface area contributed by atoms with Crippen molar-refractivity contribution < 1.29 is 24.5 Å². The molecule has 3 N–H and O–H groups in total. The van der Waals surface area contributed by atoms with E-state index in [2.05, 4.69) is 55.6 Å². The zero-order chi connectivity index (χ0) is 49.3. The molecule has 0 aromatic heterocycles. The molecule has 0 aliphatic carbocycles. The van der Waals surface area contributed by atoms with Crippen LogP contribution in [0.25, 0.3) is 0 Å². The summed E-state index contributed by atoms with van der Waals surface area (Å²) in [6.07, 6.45) is 71.4. The summed E-state index contributed by atoms with van der Waals surface area (Å²) in [5, 5.41) is 23.3. The summed E-state index contributed by atoms with van der Waals surface area (Å²) in [6.45, 7) is 4.90. The predicted octanol–water partition coefficient (Wildman–Crippen LogP) is 18.8. The van der Waals surface area contributed by atoms with Gasteiger partial charge >= 0.3 is 5.97 Å². The van der Waals surface area contributed by atoms with Crippen LogP contribution in [-0.4, -0.2) is 47.4 Å². The number of amides is 1. The van der Waals surface area contributed by atoms with Gasteiger partial charge in [-0.15, -0.1) is 0 Å². The highest BCUT2D eigenvalue weighted by atomic mass is 16.5. The second-order valence-electron chi connectivity index (χ2n) is 20.7. The normalized spacial score (nSPS) is 12.8. The lowest BCUT2D eigenvalue weighted by Gasteiger charge is -2.22. The SMILES string of the molecule is CCCCCCC/C=C\CCCCCCCC(=O)OCCCCC/C=C\C=C/CCCCCCCCC(=O)NC(CO)C(O)CCCCCCCCCCCCCCCCCCCCCCCC. The molecule has 0 spiro atoms. The lowest BCUT2D eigenvalue weighted by Crippen LogP contribution is -2.45. The number of aliphatic hydroxyl groups is 2. The van der Waals surface area contributed by atoms with Crippen LogP contribution in [0.1, 0.15) is 322 Å². The van der Waals surface area contributed by atoms with Crippen LogP contribution in [0.5, 0.6) is 0 Å². The van der Waals surface area contributed by atoms with Crippen LogP contribution in [-0.2, 0) is 14.3 Å². The fourth-order valence-corrected chi connectivity index (χ4v) is 9.27. The molecule has 0 aliphatic rings. The van der Waals surface area contributed by atoms with Crippen molar-refractivity contribution in [2.75, 3.05) is 13.2 Å². The number of carbonyl (C=O) groups is 2. The Morgan fingerprint density at radius 3 is 1.13 bits per heavy atom. The van der Waals surface area contributed by atoms with Gasteiger partial charge in [0.2, 0.25) is 5.91 Å². The third-order valence-electron chi connectivity index (χ3n) is 13.9. The van der Waals surface area contributed by atoms with E-state index >= 15 is 0 Å². The van der Waals surface area contributed by atoms with E-state index in [1.807, 2.05) is 0 Å². The first kappa shape index (κ1) is 66.1. The first-order chi connectivity index (χ1) is 33.5. The van der Waals surface area contributed by atoms with E-state index < -0.39 is 12.1 Å². The van der Waals surface area contributed by atoms with Crippen molar-refractivity contribution in [3.05, 3.63) is 36.5 Å². The Morgan fingerprint density at radius 1 is 0.412 bits per heavy atom. The van der Waals surface area contributed by atoms with Crippen molar-refractivity contribution in [2.45, 2.75) is 334 Å². The lowest BCUT2D eigenvalue weighted by molar-refractivity contribution is -0.143. The Hall–Kier alpha value is -1.92. The van der Waals surface area contributed by atoms with Crippen LogP contribution < -0.4 is 5.32 Å². The number of ether oxygens (including phenoxy) is 1. The van der Waals surface area contributed by atoms with E-state index in [-0.39, 0.29) is 18.5 Å². The van der Waals surface area contributed by atoms with E-state index in [4.69, 9.17) is 4.74 Å². The molecule has 0 aromatic carbocycles. The van der Waals surface area contributed by atoms with E-state index in [0.717, 1.165) is 77.0 Å².